The molecule has 2 aromatic heterocycles. The van der Waals surface area contributed by atoms with Gasteiger partial charge in [0.15, 0.2) is 5.82 Å². The number of carbonyl (C=O) groups is 1. The van der Waals surface area contributed by atoms with Crippen LogP contribution in [0.25, 0.3) is 11.4 Å². The summed E-state index contributed by atoms with van der Waals surface area (Å²) in [4.78, 5) is 25.9. The van der Waals surface area contributed by atoms with Crippen molar-refractivity contribution in [1.82, 2.24) is 30.0 Å². The standard InChI is InChI=1S/C20H18ClFN6O/c21-16-3-1-2-15(19(16)22)20(29)28-11-13-6-14(28)10-27(13)9-12-7-23-8-18(25-12)17-4-5-24-26-17/h1-5,7-8,13-14H,6,9-11H2,(H,24,26). The minimum absolute atomic E-state index is 0.0300. The summed E-state index contributed by atoms with van der Waals surface area (Å²) in [6, 6.07) is 6.68. The zero-order chi connectivity index (χ0) is 20.0. The second-order valence-electron chi connectivity index (χ2n) is 7.40. The molecule has 5 rings (SSSR count). The van der Waals surface area contributed by atoms with Gasteiger partial charge >= 0.3 is 0 Å². The highest BCUT2D eigenvalue weighted by Crippen LogP contribution is 2.33. The summed E-state index contributed by atoms with van der Waals surface area (Å²) >= 11 is 5.83. The number of rotatable bonds is 4. The van der Waals surface area contributed by atoms with Crippen molar-refractivity contribution in [1.29, 1.82) is 0 Å². The Kier molecular flexibility index (Phi) is 4.52. The molecule has 7 nitrogen and oxygen atoms in total. The van der Waals surface area contributed by atoms with Crippen LogP contribution >= 0.6 is 11.6 Å². The topological polar surface area (TPSA) is 78.0 Å². The van der Waals surface area contributed by atoms with Crippen molar-refractivity contribution >= 4 is 17.5 Å². The van der Waals surface area contributed by atoms with Crippen molar-refractivity contribution in [2.24, 2.45) is 0 Å². The van der Waals surface area contributed by atoms with Gasteiger partial charge in [-0.15, -0.1) is 0 Å². The van der Waals surface area contributed by atoms with Crippen LogP contribution < -0.4 is 0 Å². The Morgan fingerprint density at radius 2 is 2.14 bits per heavy atom. The van der Waals surface area contributed by atoms with E-state index in [1.807, 2.05) is 6.07 Å². The zero-order valence-corrected chi connectivity index (χ0v) is 16.2. The Balaban J connectivity index is 1.28. The number of hydrogen-bond acceptors (Lipinski definition) is 5. The van der Waals surface area contributed by atoms with Gasteiger partial charge in [-0.1, -0.05) is 17.7 Å². The summed E-state index contributed by atoms with van der Waals surface area (Å²) in [6.07, 6.45) is 6.02. The molecule has 3 aromatic rings. The Labute approximate surface area is 171 Å². The lowest BCUT2D eigenvalue weighted by Gasteiger charge is -2.34. The number of benzene rings is 1. The van der Waals surface area contributed by atoms with Crippen molar-refractivity contribution in [3.63, 3.8) is 0 Å². The van der Waals surface area contributed by atoms with Crippen molar-refractivity contribution < 1.29 is 9.18 Å². The smallest absolute Gasteiger partial charge is 0.257 e. The van der Waals surface area contributed by atoms with Crippen LogP contribution in [0.2, 0.25) is 5.02 Å². The van der Waals surface area contributed by atoms with Gasteiger partial charge in [0.25, 0.3) is 5.91 Å². The molecule has 1 aromatic carbocycles. The van der Waals surface area contributed by atoms with Crippen LogP contribution in [0.15, 0.2) is 42.9 Å². The van der Waals surface area contributed by atoms with Gasteiger partial charge in [0, 0.05) is 44.1 Å². The lowest BCUT2D eigenvalue weighted by molar-refractivity contribution is 0.0610. The maximum Gasteiger partial charge on any atom is 0.257 e. The van der Waals surface area contributed by atoms with E-state index < -0.39 is 5.82 Å². The molecule has 1 amide bonds. The molecule has 2 aliphatic heterocycles. The second kappa shape index (κ2) is 7.20. The molecule has 9 heteroatoms. The molecule has 2 bridgehead atoms. The molecule has 0 spiro atoms. The van der Waals surface area contributed by atoms with Crippen LogP contribution in [0.3, 0.4) is 0 Å². The maximum absolute atomic E-state index is 14.3. The number of hydrogen-bond donors (Lipinski definition) is 1. The van der Waals surface area contributed by atoms with Gasteiger partial charge in [0.2, 0.25) is 0 Å². The first kappa shape index (κ1) is 18.2. The van der Waals surface area contributed by atoms with E-state index in [0.717, 1.165) is 30.0 Å². The number of nitrogens with one attached hydrogen (secondary N) is 1. The molecular formula is C20H18ClFN6O. The summed E-state index contributed by atoms with van der Waals surface area (Å²) in [5.41, 5.74) is 2.47. The van der Waals surface area contributed by atoms with Gasteiger partial charge in [-0.2, -0.15) is 5.10 Å². The fourth-order valence-corrected chi connectivity index (χ4v) is 4.41. The number of likely N-dealkylation sites (tertiary alicyclic amines) is 2. The summed E-state index contributed by atoms with van der Waals surface area (Å²) in [5.74, 6) is -0.942. The second-order valence-corrected chi connectivity index (χ2v) is 7.80. The molecule has 29 heavy (non-hydrogen) atoms. The number of aromatic amines is 1. The molecule has 2 aliphatic rings. The number of aromatic nitrogens is 4. The Bertz CT molecular complexity index is 1060. The van der Waals surface area contributed by atoms with E-state index in [1.54, 1.807) is 29.6 Å². The van der Waals surface area contributed by atoms with E-state index in [1.165, 1.54) is 12.1 Å². The third-order valence-electron chi connectivity index (χ3n) is 5.62. The lowest BCUT2D eigenvalue weighted by atomic mass is 10.1. The fourth-order valence-electron chi connectivity index (χ4n) is 4.23. The normalized spacial score (nSPS) is 21.1. The first-order valence-corrected chi connectivity index (χ1v) is 9.77. The summed E-state index contributed by atoms with van der Waals surface area (Å²) in [5, 5.41) is 6.81. The minimum Gasteiger partial charge on any atom is -0.333 e. The van der Waals surface area contributed by atoms with Crippen molar-refractivity contribution in [3.05, 3.63) is 65.0 Å². The van der Waals surface area contributed by atoms with E-state index in [9.17, 15) is 9.18 Å². The Morgan fingerprint density at radius 3 is 2.90 bits per heavy atom. The monoisotopic (exact) mass is 412 g/mol. The number of amides is 1. The fraction of sp³-hybridized carbons (Fsp3) is 0.300. The van der Waals surface area contributed by atoms with Crippen LogP contribution in [-0.4, -0.2) is 61.0 Å². The van der Waals surface area contributed by atoms with Crippen LogP contribution in [0.1, 0.15) is 22.5 Å². The summed E-state index contributed by atoms with van der Waals surface area (Å²) in [6.45, 7) is 1.96. The highest BCUT2D eigenvalue weighted by atomic mass is 35.5. The number of piperazine rings is 1. The molecular weight excluding hydrogens is 395 g/mol. The number of halogens is 2. The molecule has 2 unspecified atom stereocenters. The number of carbonyl (C=O) groups excluding carboxylic acids is 1. The molecule has 0 radical (unpaired) electrons. The van der Waals surface area contributed by atoms with E-state index in [4.69, 9.17) is 11.6 Å². The largest absolute Gasteiger partial charge is 0.333 e. The highest BCUT2D eigenvalue weighted by molar-refractivity contribution is 6.31. The third-order valence-corrected chi connectivity index (χ3v) is 5.92. The van der Waals surface area contributed by atoms with E-state index in [0.29, 0.717) is 13.1 Å². The van der Waals surface area contributed by atoms with Crippen LogP contribution in [-0.2, 0) is 6.54 Å². The van der Waals surface area contributed by atoms with Gasteiger partial charge in [0.05, 0.1) is 28.2 Å². The van der Waals surface area contributed by atoms with Crippen LogP contribution in [0.5, 0.6) is 0 Å². The quantitative estimate of drug-likeness (QED) is 0.713. The Morgan fingerprint density at radius 1 is 1.24 bits per heavy atom. The minimum atomic E-state index is -0.648. The zero-order valence-electron chi connectivity index (χ0n) is 15.4. The predicted molar refractivity (Wildman–Crippen MR) is 105 cm³/mol. The SMILES string of the molecule is O=C(c1cccc(Cl)c1F)N1CC2CC1CN2Cc1cncc(-c2ccn[nH]2)n1. The first-order valence-electron chi connectivity index (χ1n) is 9.40. The predicted octanol–water partition coefficient (Wildman–Crippen LogP) is 2.76. The van der Waals surface area contributed by atoms with Gasteiger partial charge in [-0.3, -0.25) is 19.8 Å². The van der Waals surface area contributed by atoms with E-state index in [-0.39, 0.29) is 28.6 Å². The molecule has 148 valence electrons. The average Bonchev–Trinajstić information content (AvgIpc) is 3.47. The van der Waals surface area contributed by atoms with Gasteiger partial charge in [0.1, 0.15) is 5.69 Å². The highest BCUT2D eigenvalue weighted by Gasteiger charge is 2.45. The average molecular weight is 413 g/mol. The van der Waals surface area contributed by atoms with Crippen molar-refractivity contribution in [3.8, 4) is 11.4 Å². The molecule has 1 N–H and O–H groups in total. The number of H-pyrrole nitrogens is 1. The van der Waals surface area contributed by atoms with Crippen molar-refractivity contribution in [2.75, 3.05) is 13.1 Å². The van der Waals surface area contributed by atoms with Gasteiger partial charge in [-0.25, -0.2) is 9.37 Å². The number of nitrogens with zero attached hydrogens (tertiary/aromatic N) is 5. The number of fused-ring (bicyclic) bond motifs is 2. The first-order chi connectivity index (χ1) is 14.1. The van der Waals surface area contributed by atoms with Crippen LogP contribution in [0.4, 0.5) is 4.39 Å². The maximum atomic E-state index is 14.3. The van der Waals surface area contributed by atoms with E-state index >= 15 is 0 Å². The Hall–Kier alpha value is -2.84. The lowest BCUT2D eigenvalue weighted by Crippen LogP contribution is -2.48. The van der Waals surface area contributed by atoms with E-state index in [2.05, 4.69) is 25.1 Å². The molecule has 2 atom stereocenters. The molecule has 0 saturated carbocycles. The summed E-state index contributed by atoms with van der Waals surface area (Å²) < 4.78 is 14.3. The van der Waals surface area contributed by atoms with Gasteiger partial charge in [-0.05, 0) is 24.6 Å². The molecule has 0 aliphatic carbocycles. The summed E-state index contributed by atoms with van der Waals surface area (Å²) in [7, 11) is 0. The molecule has 2 saturated heterocycles. The van der Waals surface area contributed by atoms with Crippen molar-refractivity contribution in [2.45, 2.75) is 25.0 Å². The third kappa shape index (κ3) is 3.28. The van der Waals surface area contributed by atoms with Crippen LogP contribution in [0, 0.1) is 5.82 Å². The molecule has 2 fully saturated rings. The molecule has 4 heterocycles. The van der Waals surface area contributed by atoms with Gasteiger partial charge < -0.3 is 4.90 Å².